The van der Waals surface area contributed by atoms with Crippen LogP contribution in [0.1, 0.15) is 46.6 Å². The van der Waals surface area contributed by atoms with Gasteiger partial charge in [-0.05, 0) is 51.3 Å². The van der Waals surface area contributed by atoms with Crippen molar-refractivity contribution in [3.05, 3.63) is 46.8 Å². The Kier molecular flexibility index (Phi) is 4.68. The Bertz CT molecular complexity index is 778. The molecule has 1 N–H and O–H groups in total. The highest BCUT2D eigenvalue weighted by Gasteiger charge is 2.34. The molecule has 1 aromatic heterocycles. The minimum atomic E-state index is -0.0320. The molecule has 1 atom stereocenters. The molecular weight excluding hydrogens is 330 g/mol. The van der Waals surface area contributed by atoms with E-state index in [4.69, 9.17) is 9.26 Å². The molecular formula is C20H25N3O3. The fraction of sp³-hybridized carbons (Fsp3) is 0.500. The number of carbonyl (C=O) groups excluding carboxylic acids is 1. The summed E-state index contributed by atoms with van der Waals surface area (Å²) in [5.74, 6) is 1.40. The lowest BCUT2D eigenvalue weighted by Crippen LogP contribution is -2.37. The molecule has 2 fully saturated rings. The highest BCUT2D eigenvalue weighted by Crippen LogP contribution is 2.29. The van der Waals surface area contributed by atoms with Crippen molar-refractivity contribution < 1.29 is 14.1 Å². The van der Waals surface area contributed by atoms with E-state index in [1.807, 2.05) is 32.0 Å². The third kappa shape index (κ3) is 3.75. The number of carbonyl (C=O) groups is 1. The fourth-order valence-electron chi connectivity index (χ4n) is 3.54. The van der Waals surface area contributed by atoms with Crippen LogP contribution in [0.4, 0.5) is 0 Å². The Morgan fingerprint density at radius 3 is 2.92 bits per heavy atom. The van der Waals surface area contributed by atoms with Gasteiger partial charge in [-0.25, -0.2) is 0 Å². The quantitative estimate of drug-likeness (QED) is 0.863. The average Bonchev–Trinajstić information content (AvgIpc) is 3.31. The van der Waals surface area contributed by atoms with E-state index in [0.717, 1.165) is 42.6 Å². The molecule has 1 aliphatic carbocycles. The van der Waals surface area contributed by atoms with E-state index >= 15 is 0 Å². The van der Waals surface area contributed by atoms with Gasteiger partial charge in [0.1, 0.15) is 18.1 Å². The molecule has 6 heteroatoms. The van der Waals surface area contributed by atoms with Crippen molar-refractivity contribution in [3.63, 3.8) is 0 Å². The van der Waals surface area contributed by atoms with Crippen LogP contribution >= 0.6 is 0 Å². The zero-order chi connectivity index (χ0) is 18.1. The first kappa shape index (κ1) is 17.1. The summed E-state index contributed by atoms with van der Waals surface area (Å²) in [4.78, 5) is 15.1. The summed E-state index contributed by atoms with van der Waals surface area (Å²) in [6, 6.07) is 8.34. The number of rotatable bonds is 6. The molecule has 0 bridgehead atoms. The van der Waals surface area contributed by atoms with Crippen LogP contribution in [0, 0.1) is 13.8 Å². The molecule has 138 valence electrons. The minimum absolute atomic E-state index is 0.0320. The summed E-state index contributed by atoms with van der Waals surface area (Å²) in [7, 11) is 0. The molecule has 1 saturated carbocycles. The zero-order valence-electron chi connectivity index (χ0n) is 15.3. The van der Waals surface area contributed by atoms with Gasteiger partial charge in [0.25, 0.3) is 5.91 Å². The number of likely N-dealkylation sites (tertiary alicyclic amines) is 1. The van der Waals surface area contributed by atoms with Gasteiger partial charge >= 0.3 is 0 Å². The molecule has 1 unspecified atom stereocenters. The van der Waals surface area contributed by atoms with Crippen LogP contribution in [0.5, 0.6) is 5.75 Å². The Morgan fingerprint density at radius 1 is 1.35 bits per heavy atom. The summed E-state index contributed by atoms with van der Waals surface area (Å²) in [6.45, 7) is 6.21. The number of aryl methyl sites for hydroxylation is 2. The maximum atomic E-state index is 12.6. The Hall–Kier alpha value is -2.34. The predicted molar refractivity (Wildman–Crippen MR) is 97.2 cm³/mol. The topological polar surface area (TPSA) is 67.6 Å². The van der Waals surface area contributed by atoms with Gasteiger partial charge in [0.05, 0.1) is 11.3 Å². The minimum Gasteiger partial charge on any atom is -0.489 e. The van der Waals surface area contributed by atoms with Gasteiger partial charge in [-0.1, -0.05) is 11.2 Å². The van der Waals surface area contributed by atoms with Gasteiger partial charge in [-0.3, -0.25) is 9.69 Å². The van der Waals surface area contributed by atoms with Crippen molar-refractivity contribution in [2.75, 3.05) is 13.1 Å². The molecule has 0 radical (unpaired) electrons. The van der Waals surface area contributed by atoms with Gasteiger partial charge in [0.2, 0.25) is 0 Å². The maximum Gasteiger partial charge on any atom is 0.251 e. The average molecular weight is 355 g/mol. The molecule has 2 heterocycles. The molecule has 2 aromatic rings. The third-order valence-electron chi connectivity index (χ3n) is 5.28. The van der Waals surface area contributed by atoms with E-state index in [9.17, 15) is 4.79 Å². The normalized spacial score (nSPS) is 20.3. The molecule has 1 aromatic carbocycles. The summed E-state index contributed by atoms with van der Waals surface area (Å²) in [6.07, 6.45) is 3.65. The summed E-state index contributed by atoms with van der Waals surface area (Å²) < 4.78 is 11.0. The van der Waals surface area contributed by atoms with Crippen LogP contribution < -0.4 is 10.1 Å². The van der Waals surface area contributed by atoms with Gasteiger partial charge < -0.3 is 14.6 Å². The first-order valence-corrected chi connectivity index (χ1v) is 9.29. The number of benzene rings is 1. The van der Waals surface area contributed by atoms with Crippen LogP contribution in [0.25, 0.3) is 0 Å². The van der Waals surface area contributed by atoms with Crippen molar-refractivity contribution in [1.82, 2.24) is 15.4 Å². The van der Waals surface area contributed by atoms with Gasteiger partial charge in [0.15, 0.2) is 0 Å². The van der Waals surface area contributed by atoms with Crippen molar-refractivity contribution in [2.45, 2.75) is 51.8 Å². The highest BCUT2D eigenvalue weighted by atomic mass is 16.5. The SMILES string of the molecule is Cc1noc(C)c1COc1cccc(C(=O)NC2CCN(C3CC3)C2)c1. The first-order chi connectivity index (χ1) is 12.6. The number of nitrogens with one attached hydrogen (secondary N) is 1. The second-order valence-electron chi connectivity index (χ2n) is 7.30. The summed E-state index contributed by atoms with van der Waals surface area (Å²) >= 11 is 0. The lowest BCUT2D eigenvalue weighted by Gasteiger charge is -2.16. The Balaban J connectivity index is 1.35. The summed E-state index contributed by atoms with van der Waals surface area (Å²) in [5, 5.41) is 7.09. The number of amides is 1. The molecule has 1 saturated heterocycles. The molecule has 1 aliphatic heterocycles. The molecule has 26 heavy (non-hydrogen) atoms. The lowest BCUT2D eigenvalue weighted by atomic mass is 10.1. The van der Waals surface area contributed by atoms with Crippen LogP contribution in [0.15, 0.2) is 28.8 Å². The molecule has 6 nitrogen and oxygen atoms in total. The van der Waals surface area contributed by atoms with Crippen LogP contribution in [0.3, 0.4) is 0 Å². The molecule has 4 rings (SSSR count). The maximum absolute atomic E-state index is 12.6. The van der Waals surface area contributed by atoms with Crippen molar-refractivity contribution >= 4 is 5.91 Å². The van der Waals surface area contributed by atoms with Crippen LogP contribution in [-0.4, -0.2) is 41.1 Å². The first-order valence-electron chi connectivity index (χ1n) is 9.29. The Labute approximate surface area is 153 Å². The van der Waals surface area contributed by atoms with Crippen molar-refractivity contribution in [2.24, 2.45) is 0 Å². The van der Waals surface area contributed by atoms with Gasteiger partial charge in [-0.2, -0.15) is 0 Å². The number of aromatic nitrogens is 1. The van der Waals surface area contributed by atoms with Crippen molar-refractivity contribution in [1.29, 1.82) is 0 Å². The van der Waals surface area contributed by atoms with Gasteiger partial charge in [-0.15, -0.1) is 0 Å². The largest absolute Gasteiger partial charge is 0.489 e. The monoisotopic (exact) mass is 355 g/mol. The van der Waals surface area contributed by atoms with E-state index in [2.05, 4.69) is 15.4 Å². The van der Waals surface area contributed by atoms with Gasteiger partial charge in [0, 0.05) is 30.7 Å². The smallest absolute Gasteiger partial charge is 0.251 e. The standard InChI is InChI=1S/C20H25N3O3/c1-13-19(14(2)26-22-13)12-25-18-5-3-4-15(10-18)20(24)21-16-8-9-23(11-16)17-6-7-17/h3-5,10,16-17H,6-9,11-12H2,1-2H3,(H,21,24). The number of hydrogen-bond donors (Lipinski definition) is 1. The number of ether oxygens (including phenoxy) is 1. The van der Waals surface area contributed by atoms with E-state index in [0.29, 0.717) is 17.9 Å². The zero-order valence-corrected chi connectivity index (χ0v) is 15.3. The summed E-state index contributed by atoms with van der Waals surface area (Å²) in [5.41, 5.74) is 2.41. The molecule has 0 spiro atoms. The molecule has 1 amide bonds. The van der Waals surface area contributed by atoms with E-state index in [1.54, 1.807) is 6.07 Å². The second kappa shape index (κ2) is 7.11. The van der Waals surface area contributed by atoms with E-state index in [-0.39, 0.29) is 11.9 Å². The van der Waals surface area contributed by atoms with Crippen LogP contribution in [-0.2, 0) is 6.61 Å². The van der Waals surface area contributed by atoms with Crippen LogP contribution in [0.2, 0.25) is 0 Å². The fourth-order valence-corrected chi connectivity index (χ4v) is 3.54. The molecule has 2 aliphatic rings. The van der Waals surface area contributed by atoms with E-state index in [1.165, 1.54) is 12.8 Å². The highest BCUT2D eigenvalue weighted by molar-refractivity contribution is 5.94. The van der Waals surface area contributed by atoms with E-state index < -0.39 is 0 Å². The Morgan fingerprint density at radius 2 is 2.19 bits per heavy atom. The third-order valence-corrected chi connectivity index (χ3v) is 5.28. The lowest BCUT2D eigenvalue weighted by molar-refractivity contribution is 0.0937. The predicted octanol–water partition coefficient (Wildman–Crippen LogP) is 2.84. The second-order valence-corrected chi connectivity index (χ2v) is 7.30. The number of nitrogens with zero attached hydrogens (tertiary/aromatic N) is 2. The van der Waals surface area contributed by atoms with Crippen molar-refractivity contribution in [3.8, 4) is 5.75 Å². The number of hydrogen-bond acceptors (Lipinski definition) is 5.